The molecule has 0 radical (unpaired) electrons. The molecule has 1 atom stereocenters. The van der Waals surface area contributed by atoms with Gasteiger partial charge in [-0.1, -0.05) is 0 Å². The van der Waals surface area contributed by atoms with Gasteiger partial charge in [0.1, 0.15) is 6.10 Å². The van der Waals surface area contributed by atoms with Gasteiger partial charge >= 0.3 is 0 Å². The van der Waals surface area contributed by atoms with Gasteiger partial charge in [0.25, 0.3) is 12.2 Å². The zero-order chi connectivity index (χ0) is 19.5. The van der Waals surface area contributed by atoms with Crippen molar-refractivity contribution in [1.29, 1.82) is 0 Å². The molecule has 2 N–H and O–H groups in total. The Morgan fingerprint density at radius 3 is 2.73 bits per heavy atom. The van der Waals surface area contributed by atoms with E-state index in [9.17, 15) is 19.7 Å². The molecular formula is C16H22N2O8. The second-order valence-corrected chi connectivity index (χ2v) is 5.22. The van der Waals surface area contributed by atoms with Crippen molar-refractivity contribution in [2.75, 3.05) is 26.9 Å². The lowest BCUT2D eigenvalue weighted by Crippen LogP contribution is -2.26. The molecule has 26 heavy (non-hydrogen) atoms. The normalized spacial score (nSPS) is 11.3. The molecule has 0 saturated heterocycles. The second kappa shape index (κ2) is 10.9. The summed E-state index contributed by atoms with van der Waals surface area (Å²) in [5, 5.41) is 22.4. The number of aliphatic hydroxyl groups is 1. The van der Waals surface area contributed by atoms with Crippen LogP contribution in [0.15, 0.2) is 12.1 Å². The van der Waals surface area contributed by atoms with Gasteiger partial charge in [-0.25, -0.2) is 0 Å². The molecule has 10 nitrogen and oxygen atoms in total. The Labute approximate surface area is 150 Å². The van der Waals surface area contributed by atoms with E-state index in [0.717, 1.165) is 0 Å². The molecule has 0 aliphatic heterocycles. The van der Waals surface area contributed by atoms with Crippen molar-refractivity contribution in [3.05, 3.63) is 27.8 Å². The maximum atomic E-state index is 11.4. The molecule has 0 heterocycles. The van der Waals surface area contributed by atoms with Crippen LogP contribution in [0, 0.1) is 10.1 Å². The van der Waals surface area contributed by atoms with Crippen LogP contribution >= 0.6 is 0 Å². The summed E-state index contributed by atoms with van der Waals surface area (Å²) in [5.41, 5.74) is -0.0921. The van der Waals surface area contributed by atoms with Crippen molar-refractivity contribution < 1.29 is 33.8 Å². The Kier molecular flexibility index (Phi) is 8.85. The molecule has 0 bridgehead atoms. The number of aliphatic hydroxyl groups excluding tert-OH is 1. The standard InChI is InChI=1S/C16H22N2O8/c1-11(26-10-20)12-8-14(24-2)15(9-13(12)18(22)23)25-7-3-4-16(21)17-5-6-19/h8-11,19H,3-7H2,1-2H3,(H,17,21). The first-order valence-electron chi connectivity index (χ1n) is 7.90. The molecule has 0 aliphatic carbocycles. The number of nitrogens with one attached hydrogen (secondary N) is 1. The van der Waals surface area contributed by atoms with Crippen molar-refractivity contribution in [1.82, 2.24) is 5.32 Å². The van der Waals surface area contributed by atoms with Crippen LogP contribution in [-0.2, 0) is 14.3 Å². The number of nitro groups is 1. The van der Waals surface area contributed by atoms with Crippen LogP contribution in [0.5, 0.6) is 11.5 Å². The van der Waals surface area contributed by atoms with Crippen LogP contribution < -0.4 is 14.8 Å². The number of nitro benzene ring substituents is 1. The minimum Gasteiger partial charge on any atom is -0.493 e. The molecule has 0 spiro atoms. The third-order valence-electron chi connectivity index (χ3n) is 3.45. The molecule has 1 unspecified atom stereocenters. The predicted octanol–water partition coefficient (Wildman–Crippen LogP) is 1.10. The number of hydrogen-bond donors (Lipinski definition) is 2. The van der Waals surface area contributed by atoms with Crippen LogP contribution in [0.1, 0.15) is 31.4 Å². The van der Waals surface area contributed by atoms with Gasteiger partial charge in [0.15, 0.2) is 11.5 Å². The highest BCUT2D eigenvalue weighted by atomic mass is 16.6. The van der Waals surface area contributed by atoms with Gasteiger partial charge in [-0.3, -0.25) is 19.7 Å². The summed E-state index contributed by atoms with van der Waals surface area (Å²) in [6.07, 6.45) is -0.265. The van der Waals surface area contributed by atoms with Gasteiger partial charge in [-0.05, 0) is 19.4 Å². The van der Waals surface area contributed by atoms with E-state index in [2.05, 4.69) is 5.32 Å². The number of benzene rings is 1. The van der Waals surface area contributed by atoms with Crippen LogP contribution in [0.25, 0.3) is 0 Å². The van der Waals surface area contributed by atoms with Crippen LogP contribution in [0.3, 0.4) is 0 Å². The van der Waals surface area contributed by atoms with E-state index in [-0.39, 0.29) is 61.3 Å². The third kappa shape index (κ3) is 6.20. The SMILES string of the molecule is COc1cc(C(C)OC=O)c([N+](=O)[O-])cc1OCCCC(=O)NCCO. The van der Waals surface area contributed by atoms with E-state index in [0.29, 0.717) is 6.42 Å². The maximum absolute atomic E-state index is 11.4. The van der Waals surface area contributed by atoms with Gasteiger partial charge < -0.3 is 24.6 Å². The van der Waals surface area contributed by atoms with E-state index < -0.39 is 11.0 Å². The summed E-state index contributed by atoms with van der Waals surface area (Å²) in [4.78, 5) is 32.6. The zero-order valence-electron chi connectivity index (χ0n) is 14.6. The Balaban J connectivity index is 2.84. The molecule has 10 heteroatoms. The average molecular weight is 370 g/mol. The Hall–Kier alpha value is -2.88. The number of rotatable bonds is 12. The summed E-state index contributed by atoms with van der Waals surface area (Å²) in [7, 11) is 1.38. The number of carbonyl (C=O) groups is 2. The first-order chi connectivity index (χ1) is 12.4. The topological polar surface area (TPSA) is 137 Å². The van der Waals surface area contributed by atoms with E-state index in [1.165, 1.54) is 26.2 Å². The Morgan fingerprint density at radius 1 is 1.42 bits per heavy atom. The molecule has 144 valence electrons. The quantitative estimate of drug-likeness (QED) is 0.241. The van der Waals surface area contributed by atoms with Crippen molar-refractivity contribution in [3.8, 4) is 11.5 Å². The second-order valence-electron chi connectivity index (χ2n) is 5.22. The number of amides is 1. The van der Waals surface area contributed by atoms with Gasteiger partial charge in [0.2, 0.25) is 5.91 Å². The number of methoxy groups -OCH3 is 1. The largest absolute Gasteiger partial charge is 0.493 e. The highest BCUT2D eigenvalue weighted by Crippen LogP contribution is 2.38. The lowest BCUT2D eigenvalue weighted by Gasteiger charge is -2.15. The zero-order valence-corrected chi connectivity index (χ0v) is 14.6. The highest BCUT2D eigenvalue weighted by molar-refractivity contribution is 5.75. The summed E-state index contributed by atoms with van der Waals surface area (Å²) in [6.45, 7) is 1.90. The fourth-order valence-corrected chi connectivity index (χ4v) is 2.18. The molecule has 0 aliphatic rings. The van der Waals surface area contributed by atoms with Crippen LogP contribution in [0.4, 0.5) is 5.69 Å². The molecule has 0 fully saturated rings. The highest BCUT2D eigenvalue weighted by Gasteiger charge is 2.24. The Bertz CT molecular complexity index is 635. The first kappa shape index (κ1) is 21.2. The lowest BCUT2D eigenvalue weighted by atomic mass is 10.1. The fraction of sp³-hybridized carbons (Fsp3) is 0.500. The van der Waals surface area contributed by atoms with E-state index in [4.69, 9.17) is 19.3 Å². The number of nitrogens with zero attached hydrogens (tertiary/aromatic N) is 1. The smallest absolute Gasteiger partial charge is 0.293 e. The number of carbonyl (C=O) groups excluding carboxylic acids is 2. The maximum Gasteiger partial charge on any atom is 0.293 e. The van der Waals surface area contributed by atoms with E-state index in [1.54, 1.807) is 0 Å². The third-order valence-corrected chi connectivity index (χ3v) is 3.45. The van der Waals surface area contributed by atoms with E-state index >= 15 is 0 Å². The molecule has 0 aromatic heterocycles. The van der Waals surface area contributed by atoms with Crippen LogP contribution in [0.2, 0.25) is 0 Å². The van der Waals surface area contributed by atoms with Gasteiger partial charge in [-0.2, -0.15) is 0 Å². The van der Waals surface area contributed by atoms with Crippen molar-refractivity contribution in [2.45, 2.75) is 25.9 Å². The molecule has 1 aromatic carbocycles. The summed E-state index contributed by atoms with van der Waals surface area (Å²) >= 11 is 0. The molecule has 1 aromatic rings. The average Bonchev–Trinajstić information content (AvgIpc) is 2.62. The Morgan fingerprint density at radius 2 is 2.15 bits per heavy atom. The number of hydrogen-bond acceptors (Lipinski definition) is 8. The number of ether oxygens (including phenoxy) is 3. The lowest BCUT2D eigenvalue weighted by molar-refractivity contribution is -0.386. The van der Waals surface area contributed by atoms with Crippen molar-refractivity contribution in [2.24, 2.45) is 0 Å². The molecule has 1 amide bonds. The fourth-order valence-electron chi connectivity index (χ4n) is 2.18. The van der Waals surface area contributed by atoms with Gasteiger partial charge in [-0.15, -0.1) is 0 Å². The van der Waals surface area contributed by atoms with E-state index in [1.807, 2.05) is 0 Å². The molecule has 1 rings (SSSR count). The van der Waals surface area contributed by atoms with Crippen LogP contribution in [-0.4, -0.2) is 49.3 Å². The first-order valence-corrected chi connectivity index (χ1v) is 7.90. The van der Waals surface area contributed by atoms with Gasteiger partial charge in [0, 0.05) is 13.0 Å². The summed E-state index contributed by atoms with van der Waals surface area (Å²) < 4.78 is 15.5. The minimum atomic E-state index is -0.828. The summed E-state index contributed by atoms with van der Waals surface area (Å²) in [5.74, 6) is 0.171. The summed E-state index contributed by atoms with van der Waals surface area (Å²) in [6, 6.07) is 2.58. The monoisotopic (exact) mass is 370 g/mol. The van der Waals surface area contributed by atoms with Crippen molar-refractivity contribution in [3.63, 3.8) is 0 Å². The predicted molar refractivity (Wildman–Crippen MR) is 90.0 cm³/mol. The molecular weight excluding hydrogens is 348 g/mol. The minimum absolute atomic E-state index is 0.137. The molecule has 0 saturated carbocycles. The van der Waals surface area contributed by atoms with Crippen molar-refractivity contribution >= 4 is 18.1 Å². The van der Waals surface area contributed by atoms with Gasteiger partial charge in [0.05, 0.1) is 36.9 Å².